The zero-order chi connectivity index (χ0) is 16.6. The first-order valence-corrected chi connectivity index (χ1v) is 8.24. The minimum absolute atomic E-state index is 0.0641. The number of amides is 1. The predicted molar refractivity (Wildman–Crippen MR) is 94.2 cm³/mol. The van der Waals surface area contributed by atoms with Crippen molar-refractivity contribution in [2.45, 2.75) is 6.04 Å². The molecular weight excluding hydrogens is 312 g/mol. The molecule has 0 bridgehead atoms. The van der Waals surface area contributed by atoms with Gasteiger partial charge in [0.05, 0.1) is 0 Å². The first-order chi connectivity index (χ1) is 10.9. The molecule has 0 radical (unpaired) electrons. The average molecular weight is 335 g/mol. The standard InChI is InChI=1S/C17H23ClN4O/c1-20(2)10-14-11-22(7-6-21(14)3)17(23)16-9-12-8-13(18)4-5-15(12)19-16/h4-5,8-9,14,19H,6-7,10-11H2,1-3H3. The number of fused-ring (bicyclic) bond motifs is 1. The van der Waals surface area contributed by atoms with E-state index in [2.05, 4.69) is 35.9 Å². The molecule has 23 heavy (non-hydrogen) atoms. The molecule has 2 aromatic rings. The summed E-state index contributed by atoms with van der Waals surface area (Å²) in [5, 5.41) is 1.65. The third-order valence-electron chi connectivity index (χ3n) is 4.45. The van der Waals surface area contributed by atoms with Crippen LogP contribution in [0.2, 0.25) is 5.02 Å². The van der Waals surface area contributed by atoms with Crippen molar-refractivity contribution >= 4 is 28.4 Å². The predicted octanol–water partition coefficient (Wildman–Crippen LogP) is 2.14. The summed E-state index contributed by atoms with van der Waals surface area (Å²) in [6, 6.07) is 7.87. The molecule has 1 aliphatic rings. The van der Waals surface area contributed by atoms with Crippen LogP contribution >= 0.6 is 11.6 Å². The van der Waals surface area contributed by atoms with E-state index < -0.39 is 0 Å². The molecule has 0 spiro atoms. The Balaban J connectivity index is 1.78. The normalized spacial score (nSPS) is 19.7. The number of H-pyrrole nitrogens is 1. The highest BCUT2D eigenvalue weighted by molar-refractivity contribution is 6.31. The number of piperazine rings is 1. The number of halogens is 1. The van der Waals surface area contributed by atoms with Gasteiger partial charge in [0, 0.05) is 48.1 Å². The van der Waals surface area contributed by atoms with Crippen LogP contribution in [0.5, 0.6) is 0 Å². The molecule has 124 valence electrons. The maximum atomic E-state index is 12.8. The Bertz CT molecular complexity index is 712. The van der Waals surface area contributed by atoms with Crippen molar-refractivity contribution in [3.63, 3.8) is 0 Å². The van der Waals surface area contributed by atoms with Crippen LogP contribution in [-0.4, -0.2) is 79.0 Å². The third kappa shape index (κ3) is 3.52. The lowest BCUT2D eigenvalue weighted by molar-refractivity contribution is 0.0498. The number of aromatic nitrogens is 1. The first kappa shape index (κ1) is 16.3. The number of nitrogens with zero attached hydrogens (tertiary/aromatic N) is 3. The van der Waals surface area contributed by atoms with Crippen LogP contribution in [0.1, 0.15) is 10.5 Å². The summed E-state index contributed by atoms with van der Waals surface area (Å²) < 4.78 is 0. The van der Waals surface area contributed by atoms with Crippen molar-refractivity contribution < 1.29 is 4.79 Å². The van der Waals surface area contributed by atoms with Gasteiger partial charge in [-0.05, 0) is 45.4 Å². The molecule has 1 unspecified atom stereocenters. The van der Waals surface area contributed by atoms with Gasteiger partial charge in [-0.3, -0.25) is 9.69 Å². The molecule has 1 aromatic heterocycles. The van der Waals surface area contributed by atoms with Gasteiger partial charge in [-0.2, -0.15) is 0 Å². The minimum atomic E-state index is 0.0641. The summed E-state index contributed by atoms with van der Waals surface area (Å²) >= 11 is 6.02. The number of likely N-dealkylation sites (N-methyl/N-ethyl adjacent to an activating group) is 2. The van der Waals surface area contributed by atoms with E-state index >= 15 is 0 Å². The maximum Gasteiger partial charge on any atom is 0.270 e. The summed E-state index contributed by atoms with van der Waals surface area (Å²) in [6.45, 7) is 3.36. The van der Waals surface area contributed by atoms with Crippen LogP contribution in [0.25, 0.3) is 10.9 Å². The minimum Gasteiger partial charge on any atom is -0.351 e. The Hall–Kier alpha value is -1.56. The van der Waals surface area contributed by atoms with Crippen molar-refractivity contribution in [1.29, 1.82) is 0 Å². The van der Waals surface area contributed by atoms with E-state index in [4.69, 9.17) is 11.6 Å². The molecule has 6 heteroatoms. The van der Waals surface area contributed by atoms with E-state index in [-0.39, 0.29) is 5.91 Å². The number of carbonyl (C=O) groups excluding carboxylic acids is 1. The highest BCUT2D eigenvalue weighted by Gasteiger charge is 2.28. The smallest absolute Gasteiger partial charge is 0.270 e. The molecule has 1 atom stereocenters. The largest absolute Gasteiger partial charge is 0.351 e. The van der Waals surface area contributed by atoms with Gasteiger partial charge in [0.2, 0.25) is 0 Å². The highest BCUT2D eigenvalue weighted by Crippen LogP contribution is 2.21. The Morgan fingerprint density at radius 2 is 2.13 bits per heavy atom. The summed E-state index contributed by atoms with van der Waals surface area (Å²) in [5.41, 5.74) is 1.58. The monoisotopic (exact) mass is 334 g/mol. The van der Waals surface area contributed by atoms with E-state index in [0.717, 1.165) is 37.1 Å². The fourth-order valence-electron chi connectivity index (χ4n) is 3.14. The average Bonchev–Trinajstić information content (AvgIpc) is 2.91. The number of aromatic amines is 1. The summed E-state index contributed by atoms with van der Waals surface area (Å²) in [5.74, 6) is 0.0641. The molecule has 1 saturated heterocycles. The van der Waals surface area contributed by atoms with Gasteiger partial charge in [-0.15, -0.1) is 0 Å². The quantitative estimate of drug-likeness (QED) is 0.935. The van der Waals surface area contributed by atoms with Crippen molar-refractivity contribution in [1.82, 2.24) is 19.7 Å². The zero-order valence-corrected chi connectivity index (χ0v) is 14.6. The molecule has 0 saturated carbocycles. The van der Waals surface area contributed by atoms with Crippen molar-refractivity contribution in [2.75, 3.05) is 47.3 Å². The highest BCUT2D eigenvalue weighted by atomic mass is 35.5. The molecule has 5 nitrogen and oxygen atoms in total. The lowest BCUT2D eigenvalue weighted by Gasteiger charge is -2.40. The summed E-state index contributed by atoms with van der Waals surface area (Å²) in [4.78, 5) is 22.5. The summed E-state index contributed by atoms with van der Waals surface area (Å²) in [6.07, 6.45) is 0. The topological polar surface area (TPSA) is 42.6 Å². The van der Waals surface area contributed by atoms with Crippen molar-refractivity contribution in [3.05, 3.63) is 35.0 Å². The number of rotatable bonds is 3. The fourth-order valence-corrected chi connectivity index (χ4v) is 3.32. The summed E-state index contributed by atoms with van der Waals surface area (Å²) in [7, 11) is 6.26. The second-order valence-corrected chi connectivity index (χ2v) is 7.00. The van der Waals surface area contributed by atoms with Crippen molar-refractivity contribution in [3.8, 4) is 0 Å². The Kier molecular flexibility index (Phi) is 4.62. The van der Waals surface area contributed by atoms with E-state index in [9.17, 15) is 4.79 Å². The van der Waals surface area contributed by atoms with Crippen LogP contribution in [0, 0.1) is 0 Å². The van der Waals surface area contributed by atoms with Gasteiger partial charge in [-0.1, -0.05) is 11.6 Å². The second kappa shape index (κ2) is 6.51. The number of hydrogen-bond donors (Lipinski definition) is 1. The molecule has 1 aliphatic heterocycles. The van der Waals surface area contributed by atoms with Gasteiger partial charge in [0.25, 0.3) is 5.91 Å². The van der Waals surface area contributed by atoms with Crippen LogP contribution in [0.3, 0.4) is 0 Å². The lowest BCUT2D eigenvalue weighted by Crippen LogP contribution is -2.56. The molecule has 3 rings (SSSR count). The van der Waals surface area contributed by atoms with Gasteiger partial charge in [0.15, 0.2) is 0 Å². The van der Waals surface area contributed by atoms with Crippen LogP contribution < -0.4 is 0 Å². The molecule has 1 amide bonds. The molecule has 0 aliphatic carbocycles. The second-order valence-electron chi connectivity index (χ2n) is 6.56. The van der Waals surface area contributed by atoms with E-state index in [0.29, 0.717) is 16.8 Å². The van der Waals surface area contributed by atoms with Crippen LogP contribution in [-0.2, 0) is 0 Å². The molecule has 2 heterocycles. The zero-order valence-electron chi connectivity index (χ0n) is 13.8. The Labute approximate surface area is 141 Å². The number of benzene rings is 1. The van der Waals surface area contributed by atoms with E-state index in [1.165, 1.54) is 0 Å². The van der Waals surface area contributed by atoms with Gasteiger partial charge < -0.3 is 14.8 Å². The number of carbonyl (C=O) groups is 1. The van der Waals surface area contributed by atoms with Crippen LogP contribution in [0.15, 0.2) is 24.3 Å². The Morgan fingerprint density at radius 1 is 1.35 bits per heavy atom. The lowest BCUT2D eigenvalue weighted by atomic mass is 10.1. The van der Waals surface area contributed by atoms with E-state index in [1.54, 1.807) is 0 Å². The molecular formula is C17H23ClN4O. The molecule has 1 aromatic carbocycles. The van der Waals surface area contributed by atoms with E-state index in [1.807, 2.05) is 29.2 Å². The molecule has 1 N–H and O–H groups in total. The fraction of sp³-hybridized carbons (Fsp3) is 0.471. The Morgan fingerprint density at radius 3 is 2.87 bits per heavy atom. The maximum absolute atomic E-state index is 12.8. The van der Waals surface area contributed by atoms with Crippen molar-refractivity contribution in [2.24, 2.45) is 0 Å². The number of hydrogen-bond acceptors (Lipinski definition) is 3. The molecule has 1 fully saturated rings. The SMILES string of the molecule is CN(C)CC1CN(C(=O)c2cc3cc(Cl)ccc3[nH]2)CCN1C. The third-order valence-corrected chi connectivity index (χ3v) is 4.69. The van der Waals surface area contributed by atoms with Crippen LogP contribution in [0.4, 0.5) is 0 Å². The van der Waals surface area contributed by atoms with Gasteiger partial charge in [0.1, 0.15) is 5.69 Å². The van der Waals surface area contributed by atoms with Gasteiger partial charge in [-0.25, -0.2) is 0 Å². The van der Waals surface area contributed by atoms with Gasteiger partial charge >= 0.3 is 0 Å². The first-order valence-electron chi connectivity index (χ1n) is 7.86. The number of nitrogens with one attached hydrogen (secondary N) is 1.